The lowest BCUT2D eigenvalue weighted by molar-refractivity contribution is 0.443. The van der Waals surface area contributed by atoms with E-state index in [2.05, 4.69) is 57.3 Å². The molecule has 0 bridgehead atoms. The summed E-state index contributed by atoms with van der Waals surface area (Å²) in [4.78, 5) is 0. The van der Waals surface area contributed by atoms with Gasteiger partial charge in [0.1, 0.15) is 0 Å². The Morgan fingerprint density at radius 3 is 2.59 bits per heavy atom. The average molecular weight is 235 g/mol. The molecule has 0 saturated carbocycles. The summed E-state index contributed by atoms with van der Waals surface area (Å²) in [6.07, 6.45) is 7.32. The number of rotatable bonds is 5. The van der Waals surface area contributed by atoms with E-state index in [0.29, 0.717) is 0 Å². The van der Waals surface area contributed by atoms with Gasteiger partial charge in [0, 0.05) is 30.4 Å². The summed E-state index contributed by atoms with van der Waals surface area (Å²) in [5.41, 5.74) is 2.77. The van der Waals surface area contributed by atoms with Crippen LogP contribution in [0.4, 0.5) is 0 Å². The molecule has 1 rings (SSSR count). The first kappa shape index (κ1) is 14.0. The smallest absolute Gasteiger partial charge is 0.0562 e. The lowest BCUT2D eigenvalue weighted by atomic mass is 10.1. The van der Waals surface area contributed by atoms with Crippen LogP contribution in [0.2, 0.25) is 0 Å². The zero-order valence-corrected chi connectivity index (χ0v) is 11.7. The number of hydrogen-bond donors (Lipinski definition) is 1. The van der Waals surface area contributed by atoms with Gasteiger partial charge in [-0.2, -0.15) is 5.10 Å². The SMILES string of the molecule is CCC(=Cc1cnn(CC)c1)CNC(C)(C)C. The van der Waals surface area contributed by atoms with Gasteiger partial charge in [-0.15, -0.1) is 0 Å². The van der Waals surface area contributed by atoms with Crippen molar-refractivity contribution in [1.82, 2.24) is 15.1 Å². The molecule has 0 saturated heterocycles. The van der Waals surface area contributed by atoms with E-state index in [4.69, 9.17) is 0 Å². The van der Waals surface area contributed by atoms with Crippen molar-refractivity contribution in [1.29, 1.82) is 0 Å². The van der Waals surface area contributed by atoms with Crippen LogP contribution in [0.25, 0.3) is 6.08 Å². The van der Waals surface area contributed by atoms with E-state index in [0.717, 1.165) is 19.5 Å². The van der Waals surface area contributed by atoms with Gasteiger partial charge in [0.15, 0.2) is 0 Å². The molecule has 0 spiro atoms. The molecule has 0 amide bonds. The predicted octanol–water partition coefficient (Wildman–Crippen LogP) is 3.08. The van der Waals surface area contributed by atoms with E-state index < -0.39 is 0 Å². The third-order valence-corrected chi connectivity index (χ3v) is 2.65. The van der Waals surface area contributed by atoms with Crippen LogP contribution in [0.1, 0.15) is 46.6 Å². The molecule has 1 aromatic rings. The van der Waals surface area contributed by atoms with Gasteiger partial charge in [0.25, 0.3) is 0 Å². The fourth-order valence-corrected chi connectivity index (χ4v) is 1.52. The standard InChI is InChI=1S/C14H25N3/c1-6-12(9-15-14(3,4)5)8-13-10-16-17(7-2)11-13/h8,10-11,15H,6-7,9H2,1-5H3. The Balaban J connectivity index is 2.66. The number of aryl methyl sites for hydroxylation is 1. The van der Waals surface area contributed by atoms with Crippen molar-refractivity contribution in [2.24, 2.45) is 0 Å². The number of hydrogen-bond acceptors (Lipinski definition) is 2. The van der Waals surface area contributed by atoms with Gasteiger partial charge < -0.3 is 5.32 Å². The molecule has 0 aromatic carbocycles. The van der Waals surface area contributed by atoms with Crippen LogP contribution in [0.15, 0.2) is 18.0 Å². The molecule has 0 unspecified atom stereocenters. The third kappa shape index (κ3) is 5.18. The maximum atomic E-state index is 4.28. The molecular weight excluding hydrogens is 210 g/mol. The van der Waals surface area contributed by atoms with Crippen LogP contribution in [-0.2, 0) is 6.54 Å². The van der Waals surface area contributed by atoms with Crippen LogP contribution in [-0.4, -0.2) is 21.9 Å². The predicted molar refractivity (Wildman–Crippen MR) is 73.9 cm³/mol. The van der Waals surface area contributed by atoms with Gasteiger partial charge in [-0.1, -0.05) is 18.6 Å². The van der Waals surface area contributed by atoms with Crippen molar-refractivity contribution in [2.45, 2.75) is 53.1 Å². The largest absolute Gasteiger partial charge is 0.308 e. The molecule has 1 aromatic heterocycles. The first-order valence-electron chi connectivity index (χ1n) is 6.41. The van der Waals surface area contributed by atoms with Gasteiger partial charge in [0.2, 0.25) is 0 Å². The second-order valence-electron chi connectivity index (χ2n) is 5.39. The number of aromatic nitrogens is 2. The van der Waals surface area contributed by atoms with Crippen molar-refractivity contribution in [3.63, 3.8) is 0 Å². The number of nitrogens with one attached hydrogen (secondary N) is 1. The van der Waals surface area contributed by atoms with E-state index in [1.807, 2.05) is 10.9 Å². The van der Waals surface area contributed by atoms with E-state index in [9.17, 15) is 0 Å². The maximum absolute atomic E-state index is 4.28. The molecule has 17 heavy (non-hydrogen) atoms. The fourth-order valence-electron chi connectivity index (χ4n) is 1.52. The van der Waals surface area contributed by atoms with Crippen LogP contribution in [0, 0.1) is 0 Å². The molecule has 0 atom stereocenters. The van der Waals surface area contributed by atoms with Crippen molar-refractivity contribution in [3.8, 4) is 0 Å². The molecule has 0 aliphatic carbocycles. The topological polar surface area (TPSA) is 29.9 Å². The second-order valence-corrected chi connectivity index (χ2v) is 5.39. The molecule has 96 valence electrons. The Morgan fingerprint density at radius 2 is 2.12 bits per heavy atom. The van der Waals surface area contributed by atoms with Crippen molar-refractivity contribution < 1.29 is 0 Å². The average Bonchev–Trinajstić information content (AvgIpc) is 2.70. The third-order valence-electron chi connectivity index (χ3n) is 2.65. The van der Waals surface area contributed by atoms with E-state index in [-0.39, 0.29) is 5.54 Å². The van der Waals surface area contributed by atoms with Gasteiger partial charge in [-0.05, 0) is 34.1 Å². The lowest BCUT2D eigenvalue weighted by Gasteiger charge is -2.21. The van der Waals surface area contributed by atoms with Gasteiger partial charge in [0.05, 0.1) is 6.20 Å². The van der Waals surface area contributed by atoms with E-state index >= 15 is 0 Å². The summed E-state index contributed by atoms with van der Waals surface area (Å²) < 4.78 is 1.95. The molecule has 0 radical (unpaired) electrons. The summed E-state index contributed by atoms with van der Waals surface area (Å²) in [6.45, 7) is 12.7. The molecule has 0 fully saturated rings. The highest BCUT2D eigenvalue weighted by Crippen LogP contribution is 2.10. The van der Waals surface area contributed by atoms with Crippen LogP contribution in [0.3, 0.4) is 0 Å². The van der Waals surface area contributed by atoms with Crippen LogP contribution < -0.4 is 5.32 Å². The Bertz CT molecular complexity index is 369. The van der Waals surface area contributed by atoms with E-state index in [1.165, 1.54) is 11.1 Å². The first-order valence-corrected chi connectivity index (χ1v) is 6.41. The molecule has 3 nitrogen and oxygen atoms in total. The first-order chi connectivity index (χ1) is 7.94. The molecule has 0 aliphatic rings. The summed E-state index contributed by atoms with van der Waals surface area (Å²) in [7, 11) is 0. The van der Waals surface area contributed by atoms with E-state index in [1.54, 1.807) is 0 Å². The second kappa shape index (κ2) is 6.01. The van der Waals surface area contributed by atoms with Crippen LogP contribution >= 0.6 is 0 Å². The molecule has 3 heteroatoms. The highest BCUT2D eigenvalue weighted by atomic mass is 15.3. The molecule has 0 aliphatic heterocycles. The summed E-state index contributed by atoms with van der Waals surface area (Å²) in [6, 6.07) is 0. The Labute approximate surface area is 105 Å². The zero-order valence-electron chi connectivity index (χ0n) is 11.7. The van der Waals surface area contributed by atoms with Gasteiger partial charge in [-0.3, -0.25) is 4.68 Å². The normalized spacial score (nSPS) is 13.1. The minimum absolute atomic E-state index is 0.169. The zero-order chi connectivity index (χ0) is 12.9. The highest BCUT2D eigenvalue weighted by Gasteiger charge is 2.08. The van der Waals surface area contributed by atoms with Crippen molar-refractivity contribution >= 4 is 6.08 Å². The fraction of sp³-hybridized carbons (Fsp3) is 0.643. The highest BCUT2D eigenvalue weighted by molar-refractivity contribution is 5.51. The molecule has 1 heterocycles. The maximum Gasteiger partial charge on any atom is 0.0562 e. The van der Waals surface area contributed by atoms with Gasteiger partial charge in [-0.25, -0.2) is 0 Å². The molecule has 1 N–H and O–H groups in total. The molecular formula is C14H25N3. The van der Waals surface area contributed by atoms with Crippen LogP contribution in [0.5, 0.6) is 0 Å². The Morgan fingerprint density at radius 1 is 1.41 bits per heavy atom. The monoisotopic (exact) mass is 235 g/mol. The Hall–Kier alpha value is -1.09. The number of nitrogens with zero attached hydrogens (tertiary/aromatic N) is 2. The summed E-state index contributed by atoms with van der Waals surface area (Å²) in [5.74, 6) is 0. The van der Waals surface area contributed by atoms with Crippen molar-refractivity contribution in [2.75, 3.05) is 6.54 Å². The Kier molecular flexibility index (Phi) is 4.94. The minimum atomic E-state index is 0.169. The summed E-state index contributed by atoms with van der Waals surface area (Å²) >= 11 is 0. The minimum Gasteiger partial charge on any atom is -0.308 e. The van der Waals surface area contributed by atoms with Crippen molar-refractivity contribution in [3.05, 3.63) is 23.5 Å². The quantitative estimate of drug-likeness (QED) is 0.850. The van der Waals surface area contributed by atoms with Gasteiger partial charge >= 0.3 is 0 Å². The lowest BCUT2D eigenvalue weighted by Crippen LogP contribution is -2.36. The summed E-state index contributed by atoms with van der Waals surface area (Å²) in [5, 5.41) is 7.80.